The summed E-state index contributed by atoms with van der Waals surface area (Å²) in [4.78, 5) is 29.9. The van der Waals surface area contributed by atoms with Gasteiger partial charge < -0.3 is 16.0 Å². The highest BCUT2D eigenvalue weighted by molar-refractivity contribution is 7.09. The Morgan fingerprint density at radius 3 is 2.50 bits per heavy atom. The van der Waals surface area contributed by atoms with E-state index in [1.54, 1.807) is 11.3 Å². The standard InChI is InChI=1S/C27H35N7O2S.ClH/c28-23(17-22-7-4-16-37-22)25(35)34-14-12-27(13-15-34,26(36)29-21-5-2-1-3-6-21)18-19-8-10-20(11-9-19)24-30-32-33-31-24;/h4,7-11,16,21,23H,1-3,5-6,12-15,17-18,28H2,(H,29,36)(H,30,31,32,33);1H/t23-;/m0./s1. The van der Waals surface area contributed by atoms with Crippen LogP contribution in [0, 0.1) is 5.41 Å². The van der Waals surface area contributed by atoms with Crippen molar-refractivity contribution in [3.8, 4) is 11.4 Å². The van der Waals surface area contributed by atoms with E-state index in [1.807, 2.05) is 46.7 Å². The van der Waals surface area contributed by atoms with E-state index in [1.165, 1.54) is 19.3 Å². The van der Waals surface area contributed by atoms with Crippen molar-refractivity contribution < 1.29 is 9.59 Å². The highest BCUT2D eigenvalue weighted by Gasteiger charge is 2.43. The summed E-state index contributed by atoms with van der Waals surface area (Å²) < 4.78 is 0. The third-order valence-electron chi connectivity index (χ3n) is 7.87. The van der Waals surface area contributed by atoms with Crippen LogP contribution in [-0.4, -0.2) is 62.5 Å². The van der Waals surface area contributed by atoms with Gasteiger partial charge in [0, 0.05) is 36.0 Å². The van der Waals surface area contributed by atoms with Gasteiger partial charge in [0.25, 0.3) is 0 Å². The van der Waals surface area contributed by atoms with Crippen molar-refractivity contribution in [1.29, 1.82) is 0 Å². The van der Waals surface area contributed by atoms with Crippen LogP contribution in [0.25, 0.3) is 11.4 Å². The monoisotopic (exact) mass is 557 g/mol. The van der Waals surface area contributed by atoms with Crippen LogP contribution in [0.1, 0.15) is 55.4 Å². The molecular weight excluding hydrogens is 522 g/mol. The number of nitrogens with two attached hydrogens (primary N) is 1. The molecule has 1 saturated carbocycles. The number of tetrazole rings is 1. The normalized spacial score (nSPS) is 18.4. The van der Waals surface area contributed by atoms with Crippen LogP contribution in [0.3, 0.4) is 0 Å². The smallest absolute Gasteiger partial charge is 0.239 e. The third kappa shape index (κ3) is 6.59. The second-order valence-corrected chi connectivity index (χ2v) is 11.4. The largest absolute Gasteiger partial charge is 0.353 e. The average Bonchev–Trinajstić information content (AvgIpc) is 3.65. The summed E-state index contributed by atoms with van der Waals surface area (Å²) in [5.74, 6) is 0.637. The topological polar surface area (TPSA) is 130 Å². The number of carbonyl (C=O) groups is 2. The Balaban J connectivity index is 0.00000336. The zero-order chi connectivity index (χ0) is 25.7. The molecule has 3 heterocycles. The lowest BCUT2D eigenvalue weighted by molar-refractivity contribution is -0.141. The Morgan fingerprint density at radius 2 is 1.87 bits per heavy atom. The summed E-state index contributed by atoms with van der Waals surface area (Å²) >= 11 is 1.62. The van der Waals surface area contributed by atoms with Crippen LogP contribution < -0.4 is 11.1 Å². The molecule has 2 fully saturated rings. The molecule has 5 rings (SSSR count). The predicted molar refractivity (Wildman–Crippen MR) is 150 cm³/mol. The second kappa shape index (κ2) is 12.8. The first-order valence-electron chi connectivity index (χ1n) is 13.2. The van der Waals surface area contributed by atoms with Gasteiger partial charge in [-0.3, -0.25) is 9.59 Å². The molecule has 0 spiro atoms. The molecule has 0 radical (unpaired) electrons. The molecule has 11 heteroatoms. The number of benzene rings is 1. The van der Waals surface area contributed by atoms with E-state index in [0.717, 1.165) is 28.8 Å². The summed E-state index contributed by atoms with van der Waals surface area (Å²) in [6, 6.07) is 11.7. The van der Waals surface area contributed by atoms with Gasteiger partial charge >= 0.3 is 0 Å². The summed E-state index contributed by atoms with van der Waals surface area (Å²) in [5.41, 5.74) is 7.69. The maximum atomic E-state index is 13.8. The highest BCUT2D eigenvalue weighted by atomic mass is 35.5. The maximum absolute atomic E-state index is 13.8. The van der Waals surface area contributed by atoms with Crippen LogP contribution >= 0.6 is 23.7 Å². The number of piperidine rings is 1. The van der Waals surface area contributed by atoms with Crippen molar-refractivity contribution in [2.75, 3.05) is 13.1 Å². The molecule has 1 saturated heterocycles. The van der Waals surface area contributed by atoms with E-state index in [9.17, 15) is 9.59 Å². The molecule has 0 unspecified atom stereocenters. The van der Waals surface area contributed by atoms with Crippen molar-refractivity contribution >= 4 is 35.6 Å². The minimum absolute atomic E-state index is 0. The zero-order valence-electron chi connectivity index (χ0n) is 21.5. The lowest BCUT2D eigenvalue weighted by Crippen LogP contribution is -2.55. The van der Waals surface area contributed by atoms with E-state index >= 15 is 0 Å². The summed E-state index contributed by atoms with van der Waals surface area (Å²) in [5, 5.41) is 19.6. The maximum Gasteiger partial charge on any atom is 0.239 e. The second-order valence-electron chi connectivity index (χ2n) is 10.4. The van der Waals surface area contributed by atoms with Crippen molar-refractivity contribution in [3.63, 3.8) is 0 Å². The Hall–Kier alpha value is -2.82. The lowest BCUT2D eigenvalue weighted by Gasteiger charge is -2.42. The number of thiophene rings is 1. The van der Waals surface area contributed by atoms with Gasteiger partial charge in [0.1, 0.15) is 0 Å². The Morgan fingerprint density at radius 1 is 1.13 bits per heavy atom. The van der Waals surface area contributed by atoms with Gasteiger partial charge in [0.2, 0.25) is 17.6 Å². The molecule has 1 aromatic carbocycles. The Kier molecular flexibility index (Phi) is 9.51. The molecule has 2 amide bonds. The molecule has 204 valence electrons. The lowest BCUT2D eigenvalue weighted by atomic mass is 9.72. The molecule has 0 bridgehead atoms. The molecule has 9 nitrogen and oxygen atoms in total. The SMILES string of the molecule is Cl.N[C@@H](Cc1cccs1)C(=O)N1CCC(Cc2ccc(-c3nn[nH]n3)cc2)(C(=O)NC2CCCCC2)CC1. The molecule has 1 atom stereocenters. The summed E-state index contributed by atoms with van der Waals surface area (Å²) in [6.45, 7) is 1.08. The fourth-order valence-electron chi connectivity index (χ4n) is 5.64. The Labute approximate surface area is 233 Å². The number of halogens is 1. The van der Waals surface area contributed by atoms with Crippen molar-refractivity contribution in [2.24, 2.45) is 11.1 Å². The molecule has 2 aliphatic rings. The average molecular weight is 558 g/mol. The van der Waals surface area contributed by atoms with Crippen LogP contribution in [0.15, 0.2) is 41.8 Å². The number of aromatic amines is 1. The molecule has 2 aromatic heterocycles. The molecule has 4 N–H and O–H groups in total. The first kappa shape index (κ1) is 28.2. The first-order valence-corrected chi connectivity index (χ1v) is 14.1. The van der Waals surface area contributed by atoms with E-state index in [-0.39, 0.29) is 30.3 Å². The van der Waals surface area contributed by atoms with Gasteiger partial charge in [-0.25, -0.2) is 0 Å². The fourth-order valence-corrected chi connectivity index (χ4v) is 6.40. The van der Waals surface area contributed by atoms with Crippen LogP contribution in [0.2, 0.25) is 0 Å². The molecule has 1 aliphatic heterocycles. The number of H-pyrrole nitrogens is 1. The van der Waals surface area contributed by atoms with Gasteiger partial charge in [-0.15, -0.1) is 33.9 Å². The number of likely N-dealkylation sites (tertiary alicyclic amines) is 1. The van der Waals surface area contributed by atoms with Gasteiger partial charge in [0.05, 0.1) is 11.5 Å². The number of amides is 2. The molecular formula is C27H36ClN7O2S. The molecule has 3 aromatic rings. The third-order valence-corrected chi connectivity index (χ3v) is 8.77. The van der Waals surface area contributed by atoms with Crippen molar-refractivity contribution in [3.05, 3.63) is 52.2 Å². The van der Waals surface area contributed by atoms with E-state index in [4.69, 9.17) is 5.73 Å². The fraction of sp³-hybridized carbons (Fsp3) is 0.519. The summed E-state index contributed by atoms with van der Waals surface area (Å²) in [7, 11) is 0. The predicted octanol–water partition coefficient (Wildman–Crippen LogP) is 3.52. The van der Waals surface area contributed by atoms with Crippen LogP contribution in [-0.2, 0) is 22.4 Å². The number of rotatable bonds is 8. The van der Waals surface area contributed by atoms with Crippen LogP contribution in [0.5, 0.6) is 0 Å². The Bertz CT molecular complexity index is 1160. The minimum Gasteiger partial charge on any atom is -0.353 e. The number of aromatic nitrogens is 4. The molecule has 38 heavy (non-hydrogen) atoms. The number of nitrogens with zero attached hydrogens (tertiary/aromatic N) is 4. The van der Waals surface area contributed by atoms with Gasteiger partial charge in [0.15, 0.2) is 0 Å². The highest BCUT2D eigenvalue weighted by Crippen LogP contribution is 2.37. The van der Waals surface area contributed by atoms with Gasteiger partial charge in [-0.2, -0.15) is 5.21 Å². The number of hydrogen-bond acceptors (Lipinski definition) is 7. The number of carbonyl (C=O) groups excluding carboxylic acids is 2. The minimum atomic E-state index is -0.556. The van der Waals surface area contributed by atoms with E-state index in [0.29, 0.717) is 44.6 Å². The van der Waals surface area contributed by atoms with E-state index in [2.05, 4.69) is 25.9 Å². The molecule has 1 aliphatic carbocycles. The first-order chi connectivity index (χ1) is 18.0. The number of nitrogens with one attached hydrogen (secondary N) is 2. The van der Waals surface area contributed by atoms with Crippen molar-refractivity contribution in [2.45, 2.75) is 69.9 Å². The van der Waals surface area contributed by atoms with Crippen molar-refractivity contribution in [1.82, 2.24) is 30.8 Å². The van der Waals surface area contributed by atoms with Gasteiger partial charge in [-0.1, -0.05) is 49.6 Å². The van der Waals surface area contributed by atoms with E-state index < -0.39 is 11.5 Å². The zero-order valence-corrected chi connectivity index (χ0v) is 23.1. The van der Waals surface area contributed by atoms with Gasteiger partial charge in [-0.05, 0) is 54.3 Å². The number of hydrogen-bond donors (Lipinski definition) is 3. The van der Waals surface area contributed by atoms with Crippen LogP contribution in [0.4, 0.5) is 0 Å². The quantitative estimate of drug-likeness (QED) is 0.388. The summed E-state index contributed by atoms with van der Waals surface area (Å²) in [6.07, 6.45) is 8.08.